The average molecular weight is 263 g/mol. The van der Waals surface area contributed by atoms with Gasteiger partial charge >= 0.3 is 0 Å². The van der Waals surface area contributed by atoms with Crippen LogP contribution in [0.4, 0.5) is 0 Å². The second kappa shape index (κ2) is 6.22. The summed E-state index contributed by atoms with van der Waals surface area (Å²) in [6.07, 6.45) is 0. The lowest BCUT2D eigenvalue weighted by Gasteiger charge is -2.02. The molecule has 0 atom stereocenters. The third-order valence-electron chi connectivity index (χ3n) is 3.19. The maximum Gasteiger partial charge on any atom is 0.134 e. The fourth-order valence-corrected chi connectivity index (χ4v) is 2.16. The summed E-state index contributed by atoms with van der Waals surface area (Å²) in [4.78, 5) is 0. The molecule has 3 rings (SSSR count). The van der Waals surface area contributed by atoms with Crippen LogP contribution >= 0.6 is 0 Å². The molecule has 0 aliphatic heterocycles. The number of benzene rings is 2. The van der Waals surface area contributed by atoms with Crippen LogP contribution < -0.4 is 5.32 Å². The van der Waals surface area contributed by atoms with Gasteiger partial charge in [-0.25, -0.2) is 0 Å². The van der Waals surface area contributed by atoms with Gasteiger partial charge in [-0.15, -0.1) is 0 Å². The third-order valence-corrected chi connectivity index (χ3v) is 3.19. The first-order valence-electron chi connectivity index (χ1n) is 6.80. The lowest BCUT2D eigenvalue weighted by atomic mass is 10.2. The van der Waals surface area contributed by atoms with Gasteiger partial charge in [0.2, 0.25) is 0 Å². The molecule has 0 aliphatic rings. The fraction of sp³-hybridized carbons (Fsp3) is 0.111. The summed E-state index contributed by atoms with van der Waals surface area (Å²) >= 11 is 0. The number of nitrogens with one attached hydrogen (secondary N) is 1. The van der Waals surface area contributed by atoms with Crippen molar-refractivity contribution in [2.45, 2.75) is 13.1 Å². The molecule has 2 aromatic carbocycles. The van der Waals surface area contributed by atoms with E-state index in [-0.39, 0.29) is 0 Å². The van der Waals surface area contributed by atoms with Gasteiger partial charge in [0, 0.05) is 12.1 Å². The van der Waals surface area contributed by atoms with Crippen LogP contribution in [0.1, 0.15) is 11.3 Å². The fourth-order valence-electron chi connectivity index (χ4n) is 2.16. The first-order valence-corrected chi connectivity index (χ1v) is 6.80. The molecule has 1 heterocycles. The number of hydrogen-bond donors (Lipinski definition) is 1. The van der Waals surface area contributed by atoms with Crippen LogP contribution in [-0.2, 0) is 13.1 Å². The van der Waals surface area contributed by atoms with E-state index in [1.54, 1.807) is 0 Å². The van der Waals surface area contributed by atoms with Gasteiger partial charge in [-0.3, -0.25) is 0 Å². The van der Waals surface area contributed by atoms with E-state index < -0.39 is 0 Å². The van der Waals surface area contributed by atoms with Gasteiger partial charge in [-0.05, 0) is 17.7 Å². The summed E-state index contributed by atoms with van der Waals surface area (Å²) in [7, 11) is 0. The predicted octanol–water partition coefficient (Wildman–Crippen LogP) is 4.24. The molecule has 0 saturated heterocycles. The highest BCUT2D eigenvalue weighted by molar-refractivity contribution is 5.57. The van der Waals surface area contributed by atoms with E-state index in [2.05, 4.69) is 41.7 Å². The van der Waals surface area contributed by atoms with E-state index in [0.717, 1.165) is 30.2 Å². The Labute approximate surface area is 119 Å². The van der Waals surface area contributed by atoms with Crippen LogP contribution in [0.25, 0.3) is 11.3 Å². The molecule has 0 fully saturated rings. The zero-order valence-electron chi connectivity index (χ0n) is 11.3. The molecule has 3 aromatic rings. The van der Waals surface area contributed by atoms with Crippen molar-refractivity contribution >= 4 is 0 Å². The Balaban J connectivity index is 1.58. The van der Waals surface area contributed by atoms with E-state index in [1.165, 1.54) is 5.56 Å². The van der Waals surface area contributed by atoms with Crippen molar-refractivity contribution in [1.82, 2.24) is 5.32 Å². The minimum atomic E-state index is 0.738. The molecule has 1 aromatic heterocycles. The average Bonchev–Trinajstić information content (AvgIpc) is 2.98. The van der Waals surface area contributed by atoms with Gasteiger partial charge in [0.15, 0.2) is 0 Å². The molecule has 1 N–H and O–H groups in total. The molecule has 0 unspecified atom stereocenters. The minimum Gasteiger partial charge on any atom is -0.460 e. The SMILES string of the molecule is c1ccc(CNCc2ccc(-c3ccccc3)o2)cc1. The van der Waals surface area contributed by atoms with Crippen LogP contribution in [-0.4, -0.2) is 0 Å². The van der Waals surface area contributed by atoms with E-state index in [1.807, 2.05) is 36.4 Å². The molecule has 100 valence electrons. The maximum absolute atomic E-state index is 5.85. The summed E-state index contributed by atoms with van der Waals surface area (Å²) in [6, 6.07) is 24.6. The van der Waals surface area contributed by atoms with Gasteiger partial charge in [0.05, 0.1) is 6.54 Å². The number of furan rings is 1. The number of hydrogen-bond acceptors (Lipinski definition) is 2. The second-order valence-corrected chi connectivity index (χ2v) is 4.72. The highest BCUT2D eigenvalue weighted by Crippen LogP contribution is 2.21. The van der Waals surface area contributed by atoms with Crippen LogP contribution in [0.2, 0.25) is 0 Å². The summed E-state index contributed by atoms with van der Waals surface area (Å²) < 4.78 is 5.85. The van der Waals surface area contributed by atoms with Crippen molar-refractivity contribution in [1.29, 1.82) is 0 Å². The van der Waals surface area contributed by atoms with E-state index in [9.17, 15) is 0 Å². The predicted molar refractivity (Wildman–Crippen MR) is 81.1 cm³/mol. The summed E-state index contributed by atoms with van der Waals surface area (Å²) in [5.41, 5.74) is 2.39. The largest absolute Gasteiger partial charge is 0.460 e. The molecule has 20 heavy (non-hydrogen) atoms. The van der Waals surface area contributed by atoms with Gasteiger partial charge in [-0.2, -0.15) is 0 Å². The van der Waals surface area contributed by atoms with Crippen molar-refractivity contribution in [3.05, 3.63) is 84.1 Å². The van der Waals surface area contributed by atoms with Crippen molar-refractivity contribution < 1.29 is 4.42 Å². The van der Waals surface area contributed by atoms with Crippen molar-refractivity contribution in [3.63, 3.8) is 0 Å². The Morgan fingerprint density at radius 2 is 1.40 bits per heavy atom. The smallest absolute Gasteiger partial charge is 0.134 e. The Morgan fingerprint density at radius 1 is 0.700 bits per heavy atom. The molecule has 0 bridgehead atoms. The number of rotatable bonds is 5. The van der Waals surface area contributed by atoms with Gasteiger partial charge in [0.1, 0.15) is 11.5 Å². The molecule has 0 aliphatic carbocycles. The first kappa shape index (κ1) is 12.7. The topological polar surface area (TPSA) is 25.2 Å². The van der Waals surface area contributed by atoms with Crippen LogP contribution in [0.5, 0.6) is 0 Å². The molecular formula is C18H17NO. The molecule has 2 nitrogen and oxygen atoms in total. The molecule has 0 saturated carbocycles. The highest BCUT2D eigenvalue weighted by atomic mass is 16.3. The molecular weight excluding hydrogens is 246 g/mol. The van der Waals surface area contributed by atoms with Crippen LogP contribution in [0, 0.1) is 0 Å². The molecule has 0 spiro atoms. The minimum absolute atomic E-state index is 0.738. The Hall–Kier alpha value is -2.32. The Morgan fingerprint density at radius 3 is 2.15 bits per heavy atom. The third kappa shape index (κ3) is 3.16. The monoisotopic (exact) mass is 263 g/mol. The summed E-state index contributed by atoms with van der Waals surface area (Å²) in [5, 5.41) is 3.39. The summed E-state index contributed by atoms with van der Waals surface area (Å²) in [5.74, 6) is 1.88. The Kier molecular flexibility index (Phi) is 3.95. The van der Waals surface area contributed by atoms with Crippen molar-refractivity contribution in [2.75, 3.05) is 0 Å². The van der Waals surface area contributed by atoms with Gasteiger partial charge < -0.3 is 9.73 Å². The molecule has 0 amide bonds. The first-order chi connectivity index (χ1) is 9.92. The zero-order chi connectivity index (χ0) is 13.6. The van der Waals surface area contributed by atoms with Crippen LogP contribution in [0.15, 0.2) is 77.2 Å². The lowest BCUT2D eigenvalue weighted by Crippen LogP contribution is -2.11. The summed E-state index contributed by atoms with van der Waals surface area (Å²) in [6.45, 7) is 1.59. The van der Waals surface area contributed by atoms with Crippen molar-refractivity contribution in [3.8, 4) is 11.3 Å². The standard InChI is InChI=1S/C18H17NO/c1-3-7-15(8-4-1)13-19-14-17-11-12-18(20-17)16-9-5-2-6-10-16/h1-12,19H,13-14H2. The van der Waals surface area contributed by atoms with E-state index in [4.69, 9.17) is 4.42 Å². The van der Waals surface area contributed by atoms with Crippen LogP contribution in [0.3, 0.4) is 0 Å². The van der Waals surface area contributed by atoms with E-state index in [0.29, 0.717) is 0 Å². The Bertz CT molecular complexity index is 643. The van der Waals surface area contributed by atoms with E-state index >= 15 is 0 Å². The molecule has 2 heteroatoms. The quantitative estimate of drug-likeness (QED) is 0.745. The second-order valence-electron chi connectivity index (χ2n) is 4.72. The highest BCUT2D eigenvalue weighted by Gasteiger charge is 2.03. The molecule has 0 radical (unpaired) electrons. The lowest BCUT2D eigenvalue weighted by molar-refractivity contribution is 0.493. The maximum atomic E-state index is 5.85. The zero-order valence-corrected chi connectivity index (χ0v) is 11.3. The van der Waals surface area contributed by atoms with Gasteiger partial charge in [-0.1, -0.05) is 60.7 Å². The van der Waals surface area contributed by atoms with Gasteiger partial charge in [0.25, 0.3) is 0 Å². The normalized spacial score (nSPS) is 10.6. The van der Waals surface area contributed by atoms with Crippen molar-refractivity contribution in [2.24, 2.45) is 0 Å².